The van der Waals surface area contributed by atoms with Gasteiger partial charge in [-0.1, -0.05) is 48.6 Å². The van der Waals surface area contributed by atoms with E-state index in [2.05, 4.69) is 59.7 Å². The van der Waals surface area contributed by atoms with Gasteiger partial charge in [-0.15, -0.1) is 10.2 Å². The molecule has 0 aliphatic carbocycles. The maximum atomic E-state index is 4.31. The van der Waals surface area contributed by atoms with E-state index in [-0.39, 0.29) is 0 Å². The van der Waals surface area contributed by atoms with Crippen molar-refractivity contribution >= 4 is 11.3 Å². The number of hydrogen-bond acceptors (Lipinski definition) is 4. The SMILES string of the molecule is CCCNC(C)c1nnc(CCCc2ccccc2)s1. The van der Waals surface area contributed by atoms with E-state index < -0.39 is 0 Å². The molecule has 2 rings (SSSR count). The van der Waals surface area contributed by atoms with Crippen LogP contribution in [0.25, 0.3) is 0 Å². The van der Waals surface area contributed by atoms with Gasteiger partial charge in [0.15, 0.2) is 0 Å². The van der Waals surface area contributed by atoms with Gasteiger partial charge in [-0.05, 0) is 38.3 Å². The Hall–Kier alpha value is -1.26. The van der Waals surface area contributed by atoms with Crippen LogP contribution in [0.5, 0.6) is 0 Å². The highest BCUT2D eigenvalue weighted by Crippen LogP contribution is 2.19. The van der Waals surface area contributed by atoms with Gasteiger partial charge in [0.2, 0.25) is 0 Å². The summed E-state index contributed by atoms with van der Waals surface area (Å²) >= 11 is 1.74. The molecule has 1 aromatic heterocycles. The minimum atomic E-state index is 0.315. The summed E-state index contributed by atoms with van der Waals surface area (Å²) in [5, 5.41) is 14.3. The molecule has 0 saturated carbocycles. The van der Waals surface area contributed by atoms with Crippen molar-refractivity contribution in [2.75, 3.05) is 6.54 Å². The summed E-state index contributed by atoms with van der Waals surface area (Å²) in [5.41, 5.74) is 1.40. The van der Waals surface area contributed by atoms with E-state index in [1.807, 2.05) is 0 Å². The summed E-state index contributed by atoms with van der Waals surface area (Å²) in [4.78, 5) is 0. The van der Waals surface area contributed by atoms with Gasteiger partial charge < -0.3 is 5.32 Å². The summed E-state index contributed by atoms with van der Waals surface area (Å²) < 4.78 is 0. The largest absolute Gasteiger partial charge is 0.308 e. The maximum Gasteiger partial charge on any atom is 0.134 e. The zero-order valence-electron chi connectivity index (χ0n) is 12.3. The molecule has 1 unspecified atom stereocenters. The molecule has 0 radical (unpaired) electrons. The van der Waals surface area contributed by atoms with Gasteiger partial charge in [0.1, 0.15) is 10.0 Å². The second kappa shape index (κ2) is 8.12. The van der Waals surface area contributed by atoms with Crippen LogP contribution in [0.2, 0.25) is 0 Å². The molecule has 0 amide bonds. The Morgan fingerprint density at radius 2 is 1.95 bits per heavy atom. The predicted octanol–water partition coefficient (Wildman–Crippen LogP) is 3.77. The molecule has 0 spiro atoms. The van der Waals surface area contributed by atoms with Crippen molar-refractivity contribution in [2.45, 2.75) is 45.6 Å². The third-order valence-corrected chi connectivity index (χ3v) is 4.42. The van der Waals surface area contributed by atoms with Crippen LogP contribution in [-0.2, 0) is 12.8 Å². The Labute approximate surface area is 125 Å². The van der Waals surface area contributed by atoms with Crippen LogP contribution >= 0.6 is 11.3 Å². The standard InChI is InChI=1S/C16H23N3S/c1-3-12-17-13(2)16-19-18-15(20-16)11-7-10-14-8-5-4-6-9-14/h4-6,8-9,13,17H,3,7,10-12H2,1-2H3. The predicted molar refractivity (Wildman–Crippen MR) is 85.1 cm³/mol. The lowest BCUT2D eigenvalue weighted by Gasteiger charge is -2.08. The lowest BCUT2D eigenvalue weighted by Crippen LogP contribution is -2.18. The summed E-state index contributed by atoms with van der Waals surface area (Å²) in [6.07, 6.45) is 4.41. The van der Waals surface area contributed by atoms with Crippen LogP contribution in [0.15, 0.2) is 30.3 Å². The molecule has 3 nitrogen and oxygen atoms in total. The first-order valence-electron chi connectivity index (χ1n) is 7.39. The van der Waals surface area contributed by atoms with Crippen molar-refractivity contribution in [3.8, 4) is 0 Å². The van der Waals surface area contributed by atoms with Crippen molar-refractivity contribution in [3.05, 3.63) is 45.9 Å². The van der Waals surface area contributed by atoms with E-state index in [4.69, 9.17) is 0 Å². The number of rotatable bonds is 8. The van der Waals surface area contributed by atoms with Gasteiger partial charge in [0.05, 0.1) is 6.04 Å². The Balaban J connectivity index is 1.78. The molecule has 0 bridgehead atoms. The molecule has 1 atom stereocenters. The number of nitrogens with zero attached hydrogens (tertiary/aromatic N) is 2. The van der Waals surface area contributed by atoms with Gasteiger partial charge in [-0.2, -0.15) is 0 Å². The smallest absolute Gasteiger partial charge is 0.134 e. The number of aromatic nitrogens is 2. The molecule has 0 aliphatic heterocycles. The number of benzene rings is 1. The van der Waals surface area contributed by atoms with Crippen LogP contribution in [0, 0.1) is 0 Å². The number of hydrogen-bond donors (Lipinski definition) is 1. The third-order valence-electron chi connectivity index (χ3n) is 3.25. The molecule has 0 fully saturated rings. The maximum absolute atomic E-state index is 4.31. The van der Waals surface area contributed by atoms with E-state index >= 15 is 0 Å². The van der Waals surface area contributed by atoms with Crippen LogP contribution in [-0.4, -0.2) is 16.7 Å². The Morgan fingerprint density at radius 3 is 2.70 bits per heavy atom. The second-order valence-corrected chi connectivity index (χ2v) is 6.14. The van der Waals surface area contributed by atoms with Crippen LogP contribution in [0.1, 0.15) is 48.3 Å². The average molecular weight is 289 g/mol. The molecule has 0 saturated heterocycles. The molecule has 4 heteroatoms. The van der Waals surface area contributed by atoms with Crippen molar-refractivity contribution in [1.82, 2.24) is 15.5 Å². The lowest BCUT2D eigenvalue weighted by atomic mass is 10.1. The fourth-order valence-corrected chi connectivity index (χ4v) is 2.99. The second-order valence-electron chi connectivity index (χ2n) is 5.05. The summed E-state index contributed by atoms with van der Waals surface area (Å²) in [7, 11) is 0. The molecule has 0 aliphatic rings. The van der Waals surface area contributed by atoms with Crippen molar-refractivity contribution in [1.29, 1.82) is 0 Å². The summed E-state index contributed by atoms with van der Waals surface area (Å²) in [6.45, 7) is 5.36. The summed E-state index contributed by atoms with van der Waals surface area (Å²) in [5.74, 6) is 0. The number of aryl methyl sites for hydroxylation is 2. The highest BCUT2D eigenvalue weighted by Gasteiger charge is 2.10. The quantitative estimate of drug-likeness (QED) is 0.804. The van der Waals surface area contributed by atoms with Crippen molar-refractivity contribution in [2.24, 2.45) is 0 Å². The van der Waals surface area contributed by atoms with Gasteiger partial charge >= 0.3 is 0 Å². The lowest BCUT2D eigenvalue weighted by molar-refractivity contribution is 0.564. The van der Waals surface area contributed by atoms with Gasteiger partial charge in [-0.3, -0.25) is 0 Å². The highest BCUT2D eigenvalue weighted by molar-refractivity contribution is 7.11. The molecular formula is C16H23N3S. The van der Waals surface area contributed by atoms with E-state index in [1.165, 1.54) is 5.56 Å². The topological polar surface area (TPSA) is 37.8 Å². The average Bonchev–Trinajstić information content (AvgIpc) is 2.95. The van der Waals surface area contributed by atoms with Crippen LogP contribution in [0.3, 0.4) is 0 Å². The van der Waals surface area contributed by atoms with Gasteiger partial charge in [0, 0.05) is 6.42 Å². The molecule has 2 aromatic rings. The minimum absolute atomic E-state index is 0.315. The fourth-order valence-electron chi connectivity index (χ4n) is 2.08. The van der Waals surface area contributed by atoms with E-state index in [1.54, 1.807) is 11.3 Å². The van der Waals surface area contributed by atoms with E-state index in [0.29, 0.717) is 6.04 Å². The Kier molecular flexibility index (Phi) is 6.15. The first-order valence-corrected chi connectivity index (χ1v) is 8.21. The Morgan fingerprint density at radius 1 is 1.15 bits per heavy atom. The molecule has 1 aromatic carbocycles. The first-order chi connectivity index (χ1) is 9.79. The molecular weight excluding hydrogens is 266 g/mol. The Bertz CT molecular complexity index is 495. The fraction of sp³-hybridized carbons (Fsp3) is 0.500. The van der Waals surface area contributed by atoms with Gasteiger partial charge in [0.25, 0.3) is 0 Å². The summed E-state index contributed by atoms with van der Waals surface area (Å²) in [6, 6.07) is 10.9. The molecule has 1 heterocycles. The van der Waals surface area contributed by atoms with Crippen molar-refractivity contribution in [3.63, 3.8) is 0 Å². The third kappa shape index (κ3) is 4.69. The zero-order chi connectivity index (χ0) is 14.2. The first kappa shape index (κ1) is 15.1. The molecule has 1 N–H and O–H groups in total. The zero-order valence-corrected chi connectivity index (χ0v) is 13.1. The van der Waals surface area contributed by atoms with E-state index in [0.717, 1.165) is 42.2 Å². The van der Waals surface area contributed by atoms with Crippen LogP contribution in [0.4, 0.5) is 0 Å². The van der Waals surface area contributed by atoms with Crippen molar-refractivity contribution < 1.29 is 0 Å². The van der Waals surface area contributed by atoms with Crippen LogP contribution < -0.4 is 5.32 Å². The monoisotopic (exact) mass is 289 g/mol. The molecule has 108 valence electrons. The van der Waals surface area contributed by atoms with Gasteiger partial charge in [-0.25, -0.2) is 0 Å². The normalized spacial score (nSPS) is 12.5. The number of nitrogens with one attached hydrogen (secondary N) is 1. The van der Waals surface area contributed by atoms with E-state index in [9.17, 15) is 0 Å². The minimum Gasteiger partial charge on any atom is -0.308 e. The highest BCUT2D eigenvalue weighted by atomic mass is 32.1. The molecule has 20 heavy (non-hydrogen) atoms.